The predicted octanol–water partition coefficient (Wildman–Crippen LogP) is 7.98. The minimum absolute atomic E-state index is 0.0764. The van der Waals surface area contributed by atoms with Crippen LogP contribution in [0.1, 0.15) is 110 Å². The third-order valence-electron chi connectivity index (χ3n) is 4.59. The van der Waals surface area contributed by atoms with E-state index in [4.69, 9.17) is 10.2 Å². The van der Waals surface area contributed by atoms with Crippen molar-refractivity contribution in [2.24, 2.45) is 0 Å². The van der Waals surface area contributed by atoms with Crippen molar-refractivity contribution < 1.29 is 10.2 Å². The molecular weight excluding hydrogens is 308 g/mol. The molecule has 0 unspecified atom stereocenters. The first-order chi connectivity index (χ1) is 12.2. The third-order valence-corrected chi connectivity index (χ3v) is 4.59. The molecule has 146 valence electrons. The molecule has 0 saturated heterocycles. The molecule has 0 saturated carbocycles. The number of hydrogen-bond acceptors (Lipinski definition) is 2. The van der Waals surface area contributed by atoms with Crippen molar-refractivity contribution in [3.63, 3.8) is 0 Å². The molecule has 1 aromatic rings. The van der Waals surface area contributed by atoms with Crippen LogP contribution in [0, 0.1) is 0 Å². The van der Waals surface area contributed by atoms with Crippen LogP contribution in [0.4, 0.5) is 0 Å². The average Bonchev–Trinajstić information content (AvgIpc) is 2.62. The van der Waals surface area contributed by atoms with Gasteiger partial charge in [0, 0.05) is 0 Å². The largest absolute Gasteiger partial charge is 0.504 e. The van der Waals surface area contributed by atoms with Gasteiger partial charge in [-0.05, 0) is 12.1 Å². The molecule has 2 nitrogen and oxygen atoms in total. The molecule has 1 rings (SSSR count). The fourth-order valence-corrected chi connectivity index (χ4v) is 2.91. The van der Waals surface area contributed by atoms with Crippen LogP contribution >= 0.6 is 0 Å². The highest BCUT2D eigenvalue weighted by Crippen LogP contribution is 2.21. The summed E-state index contributed by atoms with van der Waals surface area (Å²) in [7, 11) is 0. The quantitative estimate of drug-likeness (QED) is 0.264. The van der Waals surface area contributed by atoms with Gasteiger partial charge in [-0.2, -0.15) is 0 Å². The molecule has 0 aliphatic carbocycles. The second-order valence-electron chi connectivity index (χ2n) is 7.08. The summed E-state index contributed by atoms with van der Waals surface area (Å²) in [6.07, 6.45) is 21.9. The molecule has 0 aliphatic heterocycles. The van der Waals surface area contributed by atoms with Crippen LogP contribution in [0.15, 0.2) is 24.3 Å². The molecule has 0 heterocycles. The highest BCUT2D eigenvalue weighted by Gasteiger charge is 1.93. The van der Waals surface area contributed by atoms with Crippen molar-refractivity contribution in [3.8, 4) is 11.5 Å². The first-order valence-electron chi connectivity index (χ1n) is 10.7. The molecule has 0 fully saturated rings. The fourth-order valence-electron chi connectivity index (χ4n) is 2.91. The maximum atomic E-state index is 8.67. The van der Waals surface area contributed by atoms with E-state index in [0.29, 0.717) is 0 Å². The third kappa shape index (κ3) is 17.4. The lowest BCUT2D eigenvalue weighted by atomic mass is 10.0. The van der Waals surface area contributed by atoms with E-state index in [-0.39, 0.29) is 11.5 Å². The fraction of sp³-hybridized carbons (Fsp3) is 0.739. The molecular formula is C23H42O2. The van der Waals surface area contributed by atoms with Gasteiger partial charge in [-0.3, -0.25) is 0 Å². The molecule has 0 spiro atoms. The predicted molar refractivity (Wildman–Crippen MR) is 110 cm³/mol. The Morgan fingerprint density at radius 3 is 0.920 bits per heavy atom. The van der Waals surface area contributed by atoms with Gasteiger partial charge in [0.2, 0.25) is 0 Å². The second kappa shape index (κ2) is 19.1. The van der Waals surface area contributed by atoms with E-state index in [1.807, 2.05) is 0 Å². The smallest absolute Gasteiger partial charge is 0.157 e. The number of hydrogen-bond donors (Lipinski definition) is 2. The standard InChI is InChI=1S/C17H36.C6H6O2/c1-3-5-7-9-11-13-15-17-16-14-12-10-8-6-4-2;7-5-3-1-2-4-6(5)8/h3-17H2,1-2H3;1-4,7-8H. The zero-order chi connectivity index (χ0) is 18.6. The number of para-hydroxylation sites is 2. The van der Waals surface area contributed by atoms with Crippen molar-refractivity contribution in [2.45, 2.75) is 110 Å². The maximum Gasteiger partial charge on any atom is 0.157 e. The van der Waals surface area contributed by atoms with Gasteiger partial charge in [0.25, 0.3) is 0 Å². The average molecular weight is 351 g/mol. The van der Waals surface area contributed by atoms with Gasteiger partial charge in [0.15, 0.2) is 11.5 Å². The summed E-state index contributed by atoms with van der Waals surface area (Å²) >= 11 is 0. The first kappa shape index (κ1) is 23.8. The van der Waals surface area contributed by atoms with E-state index in [2.05, 4.69) is 13.8 Å². The van der Waals surface area contributed by atoms with E-state index in [1.165, 1.54) is 108 Å². The van der Waals surface area contributed by atoms with Crippen molar-refractivity contribution in [3.05, 3.63) is 24.3 Å². The maximum absolute atomic E-state index is 8.67. The van der Waals surface area contributed by atoms with Crippen molar-refractivity contribution >= 4 is 0 Å². The van der Waals surface area contributed by atoms with E-state index in [9.17, 15) is 0 Å². The van der Waals surface area contributed by atoms with Crippen LogP contribution in [-0.4, -0.2) is 10.2 Å². The lowest BCUT2D eigenvalue weighted by Crippen LogP contribution is -1.82. The molecule has 0 bridgehead atoms. The summed E-state index contributed by atoms with van der Waals surface area (Å²) in [6.45, 7) is 4.58. The lowest BCUT2D eigenvalue weighted by molar-refractivity contribution is 0.404. The molecule has 2 heteroatoms. The van der Waals surface area contributed by atoms with Gasteiger partial charge in [0.1, 0.15) is 0 Å². The minimum atomic E-state index is -0.0764. The summed E-state index contributed by atoms with van der Waals surface area (Å²) in [6, 6.07) is 6.15. The van der Waals surface area contributed by atoms with Crippen LogP contribution < -0.4 is 0 Å². The summed E-state index contributed by atoms with van der Waals surface area (Å²) in [5.74, 6) is -0.153. The first-order valence-corrected chi connectivity index (χ1v) is 10.7. The number of phenols is 2. The van der Waals surface area contributed by atoms with Crippen LogP contribution in [0.2, 0.25) is 0 Å². The van der Waals surface area contributed by atoms with Gasteiger partial charge in [0.05, 0.1) is 0 Å². The van der Waals surface area contributed by atoms with Gasteiger partial charge < -0.3 is 10.2 Å². The van der Waals surface area contributed by atoms with E-state index < -0.39 is 0 Å². The summed E-state index contributed by atoms with van der Waals surface area (Å²) in [4.78, 5) is 0. The van der Waals surface area contributed by atoms with Crippen LogP contribution in [0.3, 0.4) is 0 Å². The topological polar surface area (TPSA) is 40.5 Å². The Balaban J connectivity index is 0.000000593. The second-order valence-corrected chi connectivity index (χ2v) is 7.08. The number of phenolic OH excluding ortho intramolecular Hbond substituents is 2. The zero-order valence-corrected chi connectivity index (χ0v) is 16.8. The van der Waals surface area contributed by atoms with E-state index in [0.717, 1.165) is 0 Å². The van der Waals surface area contributed by atoms with E-state index >= 15 is 0 Å². The molecule has 25 heavy (non-hydrogen) atoms. The monoisotopic (exact) mass is 350 g/mol. The lowest BCUT2D eigenvalue weighted by Gasteiger charge is -2.02. The summed E-state index contributed by atoms with van der Waals surface area (Å²) in [5, 5.41) is 17.3. The van der Waals surface area contributed by atoms with Gasteiger partial charge in [-0.1, -0.05) is 122 Å². The Labute approximate surface area is 156 Å². The Kier molecular flexibility index (Phi) is 18.2. The summed E-state index contributed by atoms with van der Waals surface area (Å²) < 4.78 is 0. The molecule has 0 amide bonds. The van der Waals surface area contributed by atoms with E-state index in [1.54, 1.807) is 12.1 Å². The Morgan fingerprint density at radius 2 is 0.720 bits per heavy atom. The van der Waals surface area contributed by atoms with Crippen molar-refractivity contribution in [2.75, 3.05) is 0 Å². The number of rotatable bonds is 14. The minimum Gasteiger partial charge on any atom is -0.504 e. The molecule has 1 aromatic carbocycles. The molecule has 0 aromatic heterocycles. The molecule has 0 radical (unpaired) electrons. The van der Waals surface area contributed by atoms with Gasteiger partial charge >= 0.3 is 0 Å². The highest BCUT2D eigenvalue weighted by atomic mass is 16.3. The number of benzene rings is 1. The summed E-state index contributed by atoms with van der Waals surface area (Å²) in [5.41, 5.74) is 0. The Morgan fingerprint density at radius 1 is 0.480 bits per heavy atom. The zero-order valence-electron chi connectivity index (χ0n) is 16.8. The van der Waals surface area contributed by atoms with Crippen LogP contribution in [-0.2, 0) is 0 Å². The van der Waals surface area contributed by atoms with Crippen LogP contribution in [0.5, 0.6) is 11.5 Å². The molecule has 0 atom stereocenters. The number of aromatic hydroxyl groups is 2. The Bertz CT molecular complexity index is 341. The molecule has 0 aliphatic rings. The normalized spacial score (nSPS) is 10.3. The SMILES string of the molecule is CCCCCCCCCCCCCCCCC.Oc1ccccc1O. The van der Waals surface area contributed by atoms with Crippen molar-refractivity contribution in [1.29, 1.82) is 0 Å². The van der Waals surface area contributed by atoms with Crippen molar-refractivity contribution in [1.82, 2.24) is 0 Å². The Hall–Kier alpha value is -1.18. The highest BCUT2D eigenvalue weighted by molar-refractivity contribution is 5.36. The van der Waals surface area contributed by atoms with Gasteiger partial charge in [-0.25, -0.2) is 0 Å². The van der Waals surface area contributed by atoms with Crippen LogP contribution in [0.25, 0.3) is 0 Å². The van der Waals surface area contributed by atoms with Gasteiger partial charge in [-0.15, -0.1) is 0 Å². The molecule has 2 N–H and O–H groups in total. The number of unbranched alkanes of at least 4 members (excludes halogenated alkanes) is 14.